The predicted molar refractivity (Wildman–Crippen MR) is 42.7 cm³/mol. The lowest BCUT2D eigenvalue weighted by atomic mass is 10.5. The zero-order valence-electron chi connectivity index (χ0n) is 5.09. The summed E-state index contributed by atoms with van der Waals surface area (Å²) in [5.41, 5.74) is 0.425. The maximum Gasteiger partial charge on any atom is 0.344 e. The van der Waals surface area contributed by atoms with Crippen molar-refractivity contribution in [3.05, 3.63) is 19.6 Å². The van der Waals surface area contributed by atoms with E-state index < -0.39 is 4.92 Å². The Kier molecular flexibility index (Phi) is 1.88. The highest BCUT2D eigenvalue weighted by Crippen LogP contribution is 2.13. The molecule has 0 saturated heterocycles. The number of halogens is 1. The molecule has 0 atom stereocenters. The molecule has 10 heavy (non-hydrogen) atoms. The summed E-state index contributed by atoms with van der Waals surface area (Å²) in [5.74, 6) is -0.0237. The van der Waals surface area contributed by atoms with Gasteiger partial charge < -0.3 is 10.1 Å². The molecule has 6 heteroatoms. The Labute approximate surface area is 70.1 Å². The first kappa shape index (κ1) is 7.45. The van der Waals surface area contributed by atoms with Crippen LogP contribution in [-0.4, -0.2) is 14.9 Å². The molecular formula is C4H4IN3O2. The van der Waals surface area contributed by atoms with Crippen molar-refractivity contribution in [3.63, 3.8) is 0 Å². The standard InChI is InChI=1S/C4H4IN3O2/c1-2-3(8(9)10)7-4(5)6-2/h1H3,(H,6,7). The largest absolute Gasteiger partial charge is 0.358 e. The van der Waals surface area contributed by atoms with Gasteiger partial charge in [0, 0.05) is 22.6 Å². The van der Waals surface area contributed by atoms with Gasteiger partial charge in [0.15, 0.2) is 0 Å². The quantitative estimate of drug-likeness (QED) is 0.464. The third kappa shape index (κ3) is 1.25. The highest BCUT2D eigenvalue weighted by Gasteiger charge is 2.13. The molecule has 54 valence electrons. The zero-order valence-corrected chi connectivity index (χ0v) is 7.25. The monoisotopic (exact) mass is 253 g/mol. The summed E-state index contributed by atoms with van der Waals surface area (Å²) in [6.45, 7) is 1.59. The molecule has 0 aliphatic carbocycles. The fourth-order valence-corrected chi connectivity index (χ4v) is 1.21. The molecule has 0 fully saturated rings. The average Bonchev–Trinajstić information content (AvgIpc) is 2.10. The van der Waals surface area contributed by atoms with Crippen LogP contribution in [-0.2, 0) is 0 Å². The highest BCUT2D eigenvalue weighted by molar-refractivity contribution is 14.1. The minimum atomic E-state index is -0.482. The SMILES string of the molecule is Cc1nc(I)[nH]c1[N+](=O)[O-]. The summed E-state index contributed by atoms with van der Waals surface area (Å²) >= 11 is 1.89. The van der Waals surface area contributed by atoms with Crippen molar-refractivity contribution < 1.29 is 4.92 Å². The summed E-state index contributed by atoms with van der Waals surface area (Å²) in [5, 5.41) is 10.2. The van der Waals surface area contributed by atoms with Crippen LogP contribution in [0.2, 0.25) is 0 Å². The maximum absolute atomic E-state index is 10.2. The molecule has 0 aromatic carbocycles. The summed E-state index contributed by atoms with van der Waals surface area (Å²) < 4.78 is 0.543. The van der Waals surface area contributed by atoms with Crippen molar-refractivity contribution >= 4 is 28.4 Å². The molecule has 0 spiro atoms. The van der Waals surface area contributed by atoms with E-state index in [1.807, 2.05) is 22.6 Å². The average molecular weight is 253 g/mol. The third-order valence-electron chi connectivity index (χ3n) is 1.01. The number of aromatic amines is 1. The van der Waals surface area contributed by atoms with Crippen molar-refractivity contribution in [2.24, 2.45) is 0 Å². The van der Waals surface area contributed by atoms with Crippen molar-refractivity contribution in [2.75, 3.05) is 0 Å². The Bertz CT molecular complexity index is 269. The topological polar surface area (TPSA) is 71.8 Å². The van der Waals surface area contributed by atoms with Gasteiger partial charge >= 0.3 is 5.82 Å². The van der Waals surface area contributed by atoms with Gasteiger partial charge in [-0.15, -0.1) is 0 Å². The fourth-order valence-electron chi connectivity index (χ4n) is 0.594. The van der Waals surface area contributed by atoms with Crippen molar-refractivity contribution in [1.82, 2.24) is 9.97 Å². The van der Waals surface area contributed by atoms with E-state index in [0.717, 1.165) is 0 Å². The van der Waals surface area contributed by atoms with Gasteiger partial charge in [-0.25, -0.2) is 9.97 Å². The van der Waals surface area contributed by atoms with Gasteiger partial charge in [0.2, 0.25) is 0 Å². The van der Waals surface area contributed by atoms with Crippen molar-refractivity contribution in [3.8, 4) is 0 Å². The van der Waals surface area contributed by atoms with Gasteiger partial charge in [0.25, 0.3) is 3.83 Å². The number of hydrogen-bond acceptors (Lipinski definition) is 3. The summed E-state index contributed by atoms with van der Waals surface area (Å²) in [7, 11) is 0. The summed E-state index contributed by atoms with van der Waals surface area (Å²) in [4.78, 5) is 16.0. The van der Waals surface area contributed by atoms with Crippen LogP contribution >= 0.6 is 22.6 Å². The molecule has 0 saturated carbocycles. The Morgan fingerprint density at radius 2 is 2.40 bits per heavy atom. The first-order valence-electron chi connectivity index (χ1n) is 2.47. The van der Waals surface area contributed by atoms with Gasteiger partial charge in [-0.05, 0) is 11.8 Å². The number of aryl methyl sites for hydroxylation is 1. The number of H-pyrrole nitrogens is 1. The Hall–Kier alpha value is -0.660. The van der Waals surface area contributed by atoms with Gasteiger partial charge in [-0.1, -0.05) is 0 Å². The molecule has 1 N–H and O–H groups in total. The van der Waals surface area contributed by atoms with E-state index in [0.29, 0.717) is 9.53 Å². The number of aromatic nitrogens is 2. The Morgan fingerprint density at radius 3 is 2.60 bits per heavy atom. The van der Waals surface area contributed by atoms with Crippen LogP contribution in [0, 0.1) is 20.9 Å². The molecule has 0 bridgehead atoms. The first-order chi connectivity index (χ1) is 4.61. The number of rotatable bonds is 1. The van der Waals surface area contributed by atoms with Crippen LogP contribution in [0.3, 0.4) is 0 Å². The van der Waals surface area contributed by atoms with Crippen LogP contribution < -0.4 is 0 Å². The number of imidazole rings is 1. The molecule has 0 radical (unpaired) electrons. The van der Waals surface area contributed by atoms with E-state index in [4.69, 9.17) is 0 Å². The van der Waals surface area contributed by atoms with Crippen molar-refractivity contribution in [2.45, 2.75) is 6.92 Å². The van der Waals surface area contributed by atoms with Crippen LogP contribution in [0.5, 0.6) is 0 Å². The molecule has 1 aromatic heterocycles. The molecule has 0 aliphatic heterocycles. The van der Waals surface area contributed by atoms with Crippen LogP contribution in [0.25, 0.3) is 0 Å². The second kappa shape index (κ2) is 2.52. The number of hydrogen-bond donors (Lipinski definition) is 1. The number of nitro groups is 1. The molecule has 1 rings (SSSR count). The Balaban J connectivity index is 3.15. The minimum absolute atomic E-state index is 0.0237. The summed E-state index contributed by atoms with van der Waals surface area (Å²) in [6, 6.07) is 0. The third-order valence-corrected chi connectivity index (χ3v) is 1.52. The van der Waals surface area contributed by atoms with Gasteiger partial charge in [0.05, 0.1) is 0 Å². The minimum Gasteiger partial charge on any atom is -0.358 e. The first-order valence-corrected chi connectivity index (χ1v) is 3.55. The van der Waals surface area contributed by atoms with E-state index in [-0.39, 0.29) is 5.82 Å². The lowest BCUT2D eigenvalue weighted by Crippen LogP contribution is -1.89. The fraction of sp³-hybridized carbons (Fsp3) is 0.250. The molecule has 5 nitrogen and oxygen atoms in total. The smallest absolute Gasteiger partial charge is 0.344 e. The van der Waals surface area contributed by atoms with E-state index in [9.17, 15) is 10.1 Å². The van der Waals surface area contributed by atoms with E-state index in [1.54, 1.807) is 6.92 Å². The van der Waals surface area contributed by atoms with Crippen LogP contribution in [0.1, 0.15) is 5.69 Å². The zero-order chi connectivity index (χ0) is 7.72. The molecule has 1 heterocycles. The normalized spacial score (nSPS) is 9.80. The van der Waals surface area contributed by atoms with E-state index in [1.165, 1.54) is 0 Å². The lowest BCUT2D eigenvalue weighted by molar-refractivity contribution is -0.389. The van der Waals surface area contributed by atoms with Gasteiger partial charge in [0.1, 0.15) is 5.69 Å². The predicted octanol–water partition coefficient (Wildman–Crippen LogP) is 1.23. The Morgan fingerprint density at radius 1 is 1.80 bits per heavy atom. The second-order valence-electron chi connectivity index (χ2n) is 1.72. The summed E-state index contributed by atoms with van der Waals surface area (Å²) in [6.07, 6.45) is 0. The van der Waals surface area contributed by atoms with Gasteiger partial charge in [-0.3, -0.25) is 0 Å². The second-order valence-corrected chi connectivity index (χ2v) is 2.74. The van der Waals surface area contributed by atoms with E-state index >= 15 is 0 Å². The molecule has 0 aliphatic rings. The molecule has 0 unspecified atom stereocenters. The van der Waals surface area contributed by atoms with Gasteiger partial charge in [-0.2, -0.15) is 0 Å². The lowest BCUT2D eigenvalue weighted by Gasteiger charge is -1.87. The number of nitrogens with one attached hydrogen (secondary N) is 1. The highest BCUT2D eigenvalue weighted by atomic mass is 127. The molecule has 0 amide bonds. The molecule has 1 aromatic rings. The molecular weight excluding hydrogens is 249 g/mol. The maximum atomic E-state index is 10.2. The number of nitrogens with zero attached hydrogens (tertiary/aromatic N) is 2. The van der Waals surface area contributed by atoms with Crippen LogP contribution in [0.4, 0.5) is 5.82 Å². The van der Waals surface area contributed by atoms with Crippen molar-refractivity contribution in [1.29, 1.82) is 0 Å². The van der Waals surface area contributed by atoms with Crippen LogP contribution in [0.15, 0.2) is 0 Å². The van der Waals surface area contributed by atoms with E-state index in [2.05, 4.69) is 9.97 Å².